The van der Waals surface area contributed by atoms with Gasteiger partial charge in [0.25, 0.3) is 9.05 Å². The first-order valence-electron chi connectivity index (χ1n) is 5.65. The topological polar surface area (TPSA) is 54.5 Å². The van der Waals surface area contributed by atoms with Crippen molar-refractivity contribution in [1.82, 2.24) is 4.90 Å². The van der Waals surface area contributed by atoms with Gasteiger partial charge in [0.2, 0.25) is 5.91 Å². The number of carbonyl (C=O) groups excluding carboxylic acids is 1. The fourth-order valence-electron chi connectivity index (χ4n) is 2.08. The molecule has 1 aromatic rings. The number of nitrogens with zero attached hydrogens (tertiary/aromatic N) is 1. The van der Waals surface area contributed by atoms with Gasteiger partial charge in [0.1, 0.15) is 0 Å². The molecule has 0 fully saturated rings. The largest absolute Gasteiger partial charge is 0.336 e. The van der Waals surface area contributed by atoms with Gasteiger partial charge < -0.3 is 4.90 Å². The number of halogens is 1. The Labute approximate surface area is 111 Å². The highest BCUT2D eigenvalue weighted by atomic mass is 35.7. The molecule has 0 N–H and O–H groups in total. The van der Waals surface area contributed by atoms with Gasteiger partial charge in [0.15, 0.2) is 0 Å². The van der Waals surface area contributed by atoms with Crippen LogP contribution in [0.5, 0.6) is 0 Å². The Morgan fingerprint density at radius 1 is 1.28 bits per heavy atom. The molecule has 0 aliphatic carbocycles. The minimum absolute atomic E-state index is 0.0154. The molecule has 1 amide bonds. The van der Waals surface area contributed by atoms with Crippen LogP contribution in [-0.2, 0) is 26.8 Å². The van der Waals surface area contributed by atoms with Crippen LogP contribution in [0.3, 0.4) is 0 Å². The van der Waals surface area contributed by atoms with Crippen molar-refractivity contribution in [2.75, 3.05) is 0 Å². The molecule has 0 spiro atoms. The van der Waals surface area contributed by atoms with Crippen LogP contribution in [0.4, 0.5) is 0 Å². The monoisotopic (exact) mass is 287 g/mol. The lowest BCUT2D eigenvalue weighted by atomic mass is 9.98. The van der Waals surface area contributed by atoms with Gasteiger partial charge >= 0.3 is 0 Å². The fourth-order valence-corrected chi connectivity index (χ4v) is 2.88. The number of hydrogen-bond acceptors (Lipinski definition) is 3. The molecule has 0 aromatic heterocycles. The molecule has 0 atom stereocenters. The Hall–Kier alpha value is -1.07. The molecule has 1 aromatic carbocycles. The van der Waals surface area contributed by atoms with Crippen LogP contribution < -0.4 is 0 Å². The van der Waals surface area contributed by atoms with Crippen LogP contribution in [0.2, 0.25) is 0 Å². The van der Waals surface area contributed by atoms with Crippen molar-refractivity contribution in [3.8, 4) is 0 Å². The van der Waals surface area contributed by atoms with E-state index in [1.807, 2.05) is 13.8 Å². The van der Waals surface area contributed by atoms with E-state index in [-0.39, 0.29) is 23.3 Å². The summed E-state index contributed by atoms with van der Waals surface area (Å²) in [5, 5.41) is 0. The zero-order valence-electron chi connectivity index (χ0n) is 10.2. The Kier molecular flexibility index (Phi) is 3.38. The first-order valence-corrected chi connectivity index (χ1v) is 7.96. The molecule has 0 saturated heterocycles. The second-order valence-corrected chi connectivity index (χ2v) is 7.23. The highest BCUT2D eigenvalue weighted by Crippen LogP contribution is 2.25. The van der Waals surface area contributed by atoms with Crippen LogP contribution >= 0.6 is 10.7 Å². The molecule has 0 saturated carbocycles. The third-order valence-electron chi connectivity index (χ3n) is 3.09. The van der Waals surface area contributed by atoms with E-state index in [4.69, 9.17) is 10.7 Å². The Bertz CT molecular complexity index is 595. The zero-order valence-corrected chi connectivity index (χ0v) is 11.8. The van der Waals surface area contributed by atoms with E-state index in [0.717, 1.165) is 11.1 Å². The van der Waals surface area contributed by atoms with Crippen molar-refractivity contribution in [2.24, 2.45) is 0 Å². The van der Waals surface area contributed by atoms with Gasteiger partial charge in [-0.1, -0.05) is 6.07 Å². The van der Waals surface area contributed by atoms with Gasteiger partial charge in [-0.05, 0) is 37.1 Å². The lowest BCUT2D eigenvalue weighted by molar-refractivity contribution is -0.133. The minimum atomic E-state index is -3.74. The van der Waals surface area contributed by atoms with Crippen molar-refractivity contribution >= 4 is 25.6 Å². The summed E-state index contributed by atoms with van der Waals surface area (Å²) in [6, 6.07) is 4.84. The molecule has 0 radical (unpaired) electrons. The average molecular weight is 288 g/mol. The summed E-state index contributed by atoms with van der Waals surface area (Å²) in [6.07, 6.45) is 0.230. The van der Waals surface area contributed by atoms with Crippen molar-refractivity contribution in [1.29, 1.82) is 0 Å². The van der Waals surface area contributed by atoms with Crippen LogP contribution in [0.1, 0.15) is 25.0 Å². The molecular formula is C12H14ClNO3S. The van der Waals surface area contributed by atoms with E-state index < -0.39 is 9.05 Å². The number of fused-ring (bicyclic) bond motifs is 1. The van der Waals surface area contributed by atoms with Crippen LogP contribution in [0, 0.1) is 0 Å². The molecule has 1 heterocycles. The number of carbonyl (C=O) groups is 1. The summed E-state index contributed by atoms with van der Waals surface area (Å²) in [5.41, 5.74) is 1.73. The highest BCUT2D eigenvalue weighted by molar-refractivity contribution is 8.13. The predicted octanol–water partition coefficient (Wildman–Crippen LogP) is 1.91. The Morgan fingerprint density at radius 2 is 1.94 bits per heavy atom. The molecule has 98 valence electrons. The molecule has 1 aliphatic heterocycles. The van der Waals surface area contributed by atoms with Gasteiger partial charge in [-0.25, -0.2) is 8.42 Å². The molecule has 18 heavy (non-hydrogen) atoms. The summed E-state index contributed by atoms with van der Waals surface area (Å²) in [7, 11) is 1.56. The van der Waals surface area contributed by atoms with E-state index in [9.17, 15) is 13.2 Å². The number of hydrogen-bond donors (Lipinski definition) is 0. The maximum Gasteiger partial charge on any atom is 0.261 e. The first-order chi connectivity index (χ1) is 8.29. The van der Waals surface area contributed by atoms with E-state index in [2.05, 4.69) is 0 Å². The minimum Gasteiger partial charge on any atom is -0.336 e. The van der Waals surface area contributed by atoms with Crippen molar-refractivity contribution < 1.29 is 13.2 Å². The van der Waals surface area contributed by atoms with Gasteiger partial charge in [-0.3, -0.25) is 4.79 Å². The summed E-state index contributed by atoms with van der Waals surface area (Å²) in [5.74, 6) is 0.0154. The standard InChI is InChI=1S/C12H14ClNO3S/c1-8(2)14-7-9-3-4-11(18(13,16)17)5-10(9)6-12(14)15/h3-5,8H,6-7H2,1-2H3. The molecule has 1 aliphatic rings. The number of benzene rings is 1. The summed E-state index contributed by atoms with van der Waals surface area (Å²) in [6.45, 7) is 4.44. The van der Waals surface area contributed by atoms with Crippen LogP contribution in [-0.4, -0.2) is 25.3 Å². The summed E-state index contributed by atoms with van der Waals surface area (Å²) < 4.78 is 22.5. The van der Waals surface area contributed by atoms with E-state index in [1.54, 1.807) is 11.0 Å². The third-order valence-corrected chi connectivity index (χ3v) is 4.44. The zero-order chi connectivity index (χ0) is 13.5. The van der Waals surface area contributed by atoms with Gasteiger partial charge in [-0.2, -0.15) is 0 Å². The lowest BCUT2D eigenvalue weighted by Gasteiger charge is -2.32. The molecule has 2 rings (SSSR count). The maximum absolute atomic E-state index is 11.9. The van der Waals surface area contributed by atoms with E-state index in [0.29, 0.717) is 6.54 Å². The van der Waals surface area contributed by atoms with Gasteiger partial charge in [0, 0.05) is 23.3 Å². The van der Waals surface area contributed by atoms with E-state index >= 15 is 0 Å². The SMILES string of the molecule is CC(C)N1Cc2ccc(S(=O)(=O)Cl)cc2CC1=O. The number of amides is 1. The second-order valence-electron chi connectivity index (χ2n) is 4.66. The average Bonchev–Trinajstić information content (AvgIpc) is 2.25. The van der Waals surface area contributed by atoms with Gasteiger partial charge in [0.05, 0.1) is 11.3 Å². The smallest absolute Gasteiger partial charge is 0.261 e. The van der Waals surface area contributed by atoms with E-state index in [1.165, 1.54) is 12.1 Å². The van der Waals surface area contributed by atoms with Gasteiger partial charge in [-0.15, -0.1) is 0 Å². The van der Waals surface area contributed by atoms with Crippen LogP contribution in [0.25, 0.3) is 0 Å². The predicted molar refractivity (Wildman–Crippen MR) is 68.9 cm³/mol. The summed E-state index contributed by atoms with van der Waals surface area (Å²) >= 11 is 0. The van der Waals surface area contributed by atoms with Crippen molar-refractivity contribution in [3.05, 3.63) is 29.3 Å². The lowest BCUT2D eigenvalue weighted by Crippen LogP contribution is -2.40. The number of rotatable bonds is 2. The Morgan fingerprint density at radius 3 is 2.50 bits per heavy atom. The normalized spacial score (nSPS) is 16.0. The maximum atomic E-state index is 11.9. The van der Waals surface area contributed by atoms with Crippen molar-refractivity contribution in [3.63, 3.8) is 0 Å². The summed E-state index contributed by atoms with van der Waals surface area (Å²) in [4.78, 5) is 13.7. The Balaban J connectivity index is 2.41. The van der Waals surface area contributed by atoms with Crippen molar-refractivity contribution in [2.45, 2.75) is 37.8 Å². The highest BCUT2D eigenvalue weighted by Gasteiger charge is 2.26. The second kappa shape index (κ2) is 4.55. The molecule has 4 nitrogen and oxygen atoms in total. The third kappa shape index (κ3) is 2.52. The quantitative estimate of drug-likeness (QED) is 0.781. The molecular weight excluding hydrogens is 274 g/mol. The molecule has 6 heteroatoms. The first kappa shape index (κ1) is 13.4. The fraction of sp³-hybridized carbons (Fsp3) is 0.417. The van der Waals surface area contributed by atoms with Crippen LogP contribution in [0.15, 0.2) is 23.1 Å². The molecule has 0 bridgehead atoms. The molecule has 0 unspecified atom stereocenters.